The van der Waals surface area contributed by atoms with Crippen LogP contribution in [0.25, 0.3) is 10.8 Å². The van der Waals surface area contributed by atoms with Crippen LogP contribution in [0.2, 0.25) is 0 Å². The Morgan fingerprint density at radius 3 is 2.43 bits per heavy atom. The van der Waals surface area contributed by atoms with Gasteiger partial charge in [0.1, 0.15) is 17.8 Å². The molecule has 1 aromatic heterocycles. The first-order valence-electron chi connectivity index (χ1n) is 9.30. The third kappa shape index (κ3) is 4.12. The van der Waals surface area contributed by atoms with E-state index in [2.05, 4.69) is 15.3 Å². The van der Waals surface area contributed by atoms with Crippen molar-refractivity contribution in [2.75, 3.05) is 11.9 Å². The molecule has 0 fully saturated rings. The molecule has 0 spiro atoms. The van der Waals surface area contributed by atoms with Crippen LogP contribution in [-0.4, -0.2) is 21.5 Å². The number of benzene rings is 3. The number of aromatic nitrogens is 2. The minimum atomic E-state index is -0.562. The standard InChI is InChI=1S/C22H18N4O4/c1-2-29-18-11-8-17(9-12-18)25-21-20(26(27)28)22(24-14-23-21)30-19-10-7-15-5-3-4-6-16(15)13-19/h3-14H,2H2,1H3,(H,23,24,25). The zero-order chi connectivity index (χ0) is 20.9. The molecule has 8 nitrogen and oxygen atoms in total. The summed E-state index contributed by atoms with van der Waals surface area (Å²) in [4.78, 5) is 19.2. The smallest absolute Gasteiger partial charge is 0.373 e. The highest BCUT2D eigenvalue weighted by atomic mass is 16.6. The Balaban J connectivity index is 1.64. The summed E-state index contributed by atoms with van der Waals surface area (Å²) < 4.78 is 11.2. The quantitative estimate of drug-likeness (QED) is 0.323. The molecular formula is C22H18N4O4. The van der Waals surface area contributed by atoms with E-state index in [1.54, 1.807) is 36.4 Å². The lowest BCUT2D eigenvalue weighted by Crippen LogP contribution is -2.03. The van der Waals surface area contributed by atoms with Crippen molar-refractivity contribution in [3.63, 3.8) is 0 Å². The van der Waals surface area contributed by atoms with Gasteiger partial charge in [-0.15, -0.1) is 0 Å². The predicted molar refractivity (Wildman–Crippen MR) is 114 cm³/mol. The van der Waals surface area contributed by atoms with Crippen LogP contribution in [0.4, 0.5) is 17.2 Å². The van der Waals surface area contributed by atoms with Gasteiger partial charge in [0, 0.05) is 5.69 Å². The number of rotatable bonds is 7. The number of nitrogens with zero attached hydrogens (tertiary/aromatic N) is 3. The molecule has 8 heteroatoms. The predicted octanol–water partition coefficient (Wildman–Crippen LogP) is 5.47. The van der Waals surface area contributed by atoms with Gasteiger partial charge >= 0.3 is 11.6 Å². The Morgan fingerprint density at radius 2 is 1.70 bits per heavy atom. The number of hydrogen-bond donors (Lipinski definition) is 1. The van der Waals surface area contributed by atoms with Gasteiger partial charge in [-0.3, -0.25) is 10.1 Å². The summed E-state index contributed by atoms with van der Waals surface area (Å²) in [6.07, 6.45) is 1.22. The Morgan fingerprint density at radius 1 is 0.967 bits per heavy atom. The summed E-state index contributed by atoms with van der Waals surface area (Å²) >= 11 is 0. The van der Waals surface area contributed by atoms with E-state index in [9.17, 15) is 10.1 Å². The fourth-order valence-electron chi connectivity index (χ4n) is 2.97. The third-order valence-electron chi connectivity index (χ3n) is 4.33. The normalized spacial score (nSPS) is 10.6. The first kappa shape index (κ1) is 19.1. The largest absolute Gasteiger partial charge is 0.494 e. The van der Waals surface area contributed by atoms with Gasteiger partial charge < -0.3 is 14.8 Å². The Hall–Kier alpha value is -4.20. The number of nitro groups is 1. The topological polar surface area (TPSA) is 99.4 Å². The minimum Gasteiger partial charge on any atom is -0.494 e. The maximum atomic E-state index is 11.8. The highest BCUT2D eigenvalue weighted by Gasteiger charge is 2.25. The van der Waals surface area contributed by atoms with E-state index in [1.165, 1.54) is 6.33 Å². The van der Waals surface area contributed by atoms with E-state index in [-0.39, 0.29) is 17.4 Å². The Labute approximate surface area is 172 Å². The molecule has 0 aliphatic carbocycles. The summed E-state index contributed by atoms with van der Waals surface area (Å²) in [6, 6.07) is 20.2. The molecule has 30 heavy (non-hydrogen) atoms. The molecule has 0 saturated carbocycles. The van der Waals surface area contributed by atoms with Crippen molar-refractivity contribution in [2.45, 2.75) is 6.92 Å². The van der Waals surface area contributed by atoms with Gasteiger partial charge in [-0.25, -0.2) is 4.98 Å². The molecular weight excluding hydrogens is 384 g/mol. The second-order valence-electron chi connectivity index (χ2n) is 6.33. The SMILES string of the molecule is CCOc1ccc(Nc2ncnc(Oc3ccc4ccccc4c3)c2[N+](=O)[O-])cc1. The van der Waals surface area contributed by atoms with Crippen LogP contribution >= 0.6 is 0 Å². The summed E-state index contributed by atoms with van der Waals surface area (Å²) in [6.45, 7) is 2.45. The molecule has 3 aromatic carbocycles. The molecule has 150 valence electrons. The van der Waals surface area contributed by atoms with Crippen LogP contribution in [0.1, 0.15) is 6.92 Å². The average molecular weight is 402 g/mol. The van der Waals surface area contributed by atoms with E-state index < -0.39 is 4.92 Å². The van der Waals surface area contributed by atoms with Crippen LogP contribution < -0.4 is 14.8 Å². The average Bonchev–Trinajstić information content (AvgIpc) is 2.75. The van der Waals surface area contributed by atoms with Crippen molar-refractivity contribution < 1.29 is 14.4 Å². The van der Waals surface area contributed by atoms with Crippen LogP contribution in [0.15, 0.2) is 73.1 Å². The highest BCUT2D eigenvalue weighted by Crippen LogP contribution is 2.36. The van der Waals surface area contributed by atoms with Crippen molar-refractivity contribution in [1.82, 2.24) is 9.97 Å². The maximum Gasteiger partial charge on any atom is 0.373 e. The zero-order valence-electron chi connectivity index (χ0n) is 16.1. The number of nitrogens with one attached hydrogen (secondary N) is 1. The minimum absolute atomic E-state index is 0.0370. The van der Waals surface area contributed by atoms with E-state index in [0.29, 0.717) is 23.8 Å². The molecule has 0 aliphatic heterocycles. The lowest BCUT2D eigenvalue weighted by Gasteiger charge is -2.10. The van der Waals surface area contributed by atoms with Gasteiger partial charge in [0.25, 0.3) is 0 Å². The van der Waals surface area contributed by atoms with E-state index in [0.717, 1.165) is 10.8 Å². The van der Waals surface area contributed by atoms with E-state index in [1.807, 2.05) is 37.3 Å². The summed E-state index contributed by atoms with van der Waals surface area (Å²) in [5, 5.41) is 16.7. The number of ether oxygens (including phenoxy) is 2. The first-order chi connectivity index (χ1) is 14.6. The highest BCUT2D eigenvalue weighted by molar-refractivity contribution is 5.83. The molecule has 0 unspecified atom stereocenters. The zero-order valence-corrected chi connectivity index (χ0v) is 16.1. The molecule has 4 rings (SSSR count). The van der Waals surface area contributed by atoms with E-state index in [4.69, 9.17) is 9.47 Å². The van der Waals surface area contributed by atoms with Gasteiger partial charge in [0.05, 0.1) is 11.5 Å². The van der Waals surface area contributed by atoms with Crippen molar-refractivity contribution in [3.8, 4) is 17.4 Å². The van der Waals surface area contributed by atoms with E-state index >= 15 is 0 Å². The molecule has 0 aliphatic rings. The molecule has 4 aromatic rings. The summed E-state index contributed by atoms with van der Waals surface area (Å²) in [5.41, 5.74) is 0.274. The molecule has 0 atom stereocenters. The van der Waals surface area contributed by atoms with Crippen LogP contribution in [0, 0.1) is 10.1 Å². The summed E-state index contributed by atoms with van der Waals surface area (Å²) in [5.74, 6) is 1.05. The second kappa shape index (κ2) is 8.44. The monoisotopic (exact) mass is 402 g/mol. The fraction of sp³-hybridized carbons (Fsp3) is 0.0909. The fourth-order valence-corrected chi connectivity index (χ4v) is 2.97. The van der Waals surface area contributed by atoms with Gasteiger partial charge in [-0.1, -0.05) is 30.3 Å². The van der Waals surface area contributed by atoms with Crippen LogP contribution in [0.3, 0.4) is 0 Å². The third-order valence-corrected chi connectivity index (χ3v) is 4.33. The van der Waals surface area contributed by atoms with Crippen molar-refractivity contribution in [3.05, 3.63) is 83.2 Å². The maximum absolute atomic E-state index is 11.8. The lowest BCUT2D eigenvalue weighted by molar-refractivity contribution is -0.385. The molecule has 1 heterocycles. The molecule has 0 saturated heterocycles. The number of hydrogen-bond acceptors (Lipinski definition) is 7. The molecule has 0 radical (unpaired) electrons. The van der Waals surface area contributed by atoms with Crippen molar-refractivity contribution in [2.24, 2.45) is 0 Å². The summed E-state index contributed by atoms with van der Waals surface area (Å²) in [7, 11) is 0. The van der Waals surface area contributed by atoms with Crippen molar-refractivity contribution >= 4 is 28.0 Å². The Kier molecular flexibility index (Phi) is 5.38. The Bertz CT molecular complexity index is 1200. The first-order valence-corrected chi connectivity index (χ1v) is 9.30. The van der Waals surface area contributed by atoms with Crippen molar-refractivity contribution in [1.29, 1.82) is 0 Å². The molecule has 0 bridgehead atoms. The lowest BCUT2D eigenvalue weighted by atomic mass is 10.1. The second-order valence-corrected chi connectivity index (χ2v) is 6.33. The van der Waals surface area contributed by atoms with Gasteiger partial charge in [-0.2, -0.15) is 4.98 Å². The van der Waals surface area contributed by atoms with Crippen LogP contribution in [-0.2, 0) is 0 Å². The number of anilines is 2. The van der Waals surface area contributed by atoms with Gasteiger partial charge in [0.2, 0.25) is 5.82 Å². The molecule has 1 N–H and O–H groups in total. The van der Waals surface area contributed by atoms with Gasteiger partial charge in [0.15, 0.2) is 0 Å². The van der Waals surface area contributed by atoms with Gasteiger partial charge in [-0.05, 0) is 54.1 Å². The molecule has 0 amide bonds. The number of fused-ring (bicyclic) bond motifs is 1. The van der Waals surface area contributed by atoms with Crippen LogP contribution in [0.5, 0.6) is 17.4 Å².